The number of fused-ring (bicyclic) bond motifs is 1. The Bertz CT molecular complexity index is 947. The Morgan fingerprint density at radius 3 is 2.50 bits per heavy atom. The molecule has 28 heavy (non-hydrogen) atoms. The number of amides is 2. The van der Waals surface area contributed by atoms with Gasteiger partial charge in [0.05, 0.1) is 22.0 Å². The summed E-state index contributed by atoms with van der Waals surface area (Å²) in [6.45, 7) is 1.98. The molecule has 0 aromatic heterocycles. The number of nitrogens with one attached hydrogen (secondary N) is 1. The number of carbonyl (C=O) groups excluding carboxylic acids is 1. The fourth-order valence-corrected chi connectivity index (χ4v) is 4.04. The van der Waals surface area contributed by atoms with Crippen LogP contribution in [0.1, 0.15) is 43.2 Å². The molecule has 0 bridgehead atoms. The van der Waals surface area contributed by atoms with Gasteiger partial charge < -0.3 is 0 Å². The number of non-ortho nitro benzene ring substituents is 1. The Labute approximate surface area is 163 Å². The van der Waals surface area contributed by atoms with Gasteiger partial charge in [-0.05, 0) is 43.5 Å². The lowest BCUT2D eigenvalue weighted by molar-refractivity contribution is -0.384. The summed E-state index contributed by atoms with van der Waals surface area (Å²) < 4.78 is 0. The highest BCUT2D eigenvalue weighted by Crippen LogP contribution is 2.36. The van der Waals surface area contributed by atoms with E-state index < -0.39 is 4.92 Å². The second-order valence-electron chi connectivity index (χ2n) is 7.38. The van der Waals surface area contributed by atoms with E-state index in [-0.39, 0.29) is 11.7 Å². The fourth-order valence-electron chi connectivity index (χ4n) is 4.04. The lowest BCUT2D eigenvalue weighted by Gasteiger charge is -2.26. The molecule has 2 aromatic carbocycles. The van der Waals surface area contributed by atoms with E-state index in [9.17, 15) is 14.9 Å². The number of hydrogen-bond acceptors (Lipinski definition) is 4. The summed E-state index contributed by atoms with van der Waals surface area (Å²) in [5.74, 6) is 0.326. The molecule has 2 amide bonds. The van der Waals surface area contributed by atoms with Crippen LogP contribution in [0.2, 0.25) is 0 Å². The Morgan fingerprint density at radius 1 is 1.11 bits per heavy atom. The highest BCUT2D eigenvalue weighted by Gasteiger charge is 2.30. The third-order valence-electron chi connectivity index (χ3n) is 5.46. The molecule has 0 saturated heterocycles. The molecule has 1 aliphatic heterocycles. The number of hydrogen-bond donors (Lipinski definition) is 1. The van der Waals surface area contributed by atoms with Crippen LogP contribution in [0.3, 0.4) is 0 Å². The normalized spacial score (nSPS) is 17.4. The summed E-state index contributed by atoms with van der Waals surface area (Å²) in [6, 6.07) is 11.7. The Morgan fingerprint density at radius 2 is 1.82 bits per heavy atom. The van der Waals surface area contributed by atoms with Gasteiger partial charge >= 0.3 is 6.03 Å². The van der Waals surface area contributed by atoms with Gasteiger partial charge in [-0.2, -0.15) is 5.10 Å². The maximum atomic E-state index is 12.9. The number of urea groups is 1. The van der Waals surface area contributed by atoms with Gasteiger partial charge in [0.2, 0.25) is 0 Å². The number of carbonyl (C=O) groups is 1. The maximum absolute atomic E-state index is 12.9. The zero-order chi connectivity index (χ0) is 19.7. The third kappa shape index (κ3) is 3.35. The third-order valence-corrected chi connectivity index (χ3v) is 5.46. The van der Waals surface area contributed by atoms with Crippen LogP contribution < -0.4 is 10.3 Å². The molecule has 1 aliphatic carbocycles. The SMILES string of the molecule is Cc1ccc2c(c1)N(c1ccc([N+](=O)[O-])cc1)C(=O)NN=C2C1CCCCC1. The van der Waals surface area contributed by atoms with Gasteiger partial charge in [-0.3, -0.25) is 15.0 Å². The van der Waals surface area contributed by atoms with Gasteiger partial charge in [0.25, 0.3) is 5.69 Å². The summed E-state index contributed by atoms with van der Waals surface area (Å²) in [6.07, 6.45) is 5.72. The standard InChI is InChI=1S/C21H22N4O3/c1-14-7-12-18-19(13-14)24(16-8-10-17(11-9-16)25(27)28)21(26)23-22-20(18)15-5-3-2-4-6-15/h7-13,15H,2-6H2,1H3,(H,23,26). The fraction of sp³-hybridized carbons (Fsp3) is 0.333. The van der Waals surface area contributed by atoms with Crippen molar-refractivity contribution in [3.05, 3.63) is 63.7 Å². The van der Waals surface area contributed by atoms with Crippen molar-refractivity contribution in [1.29, 1.82) is 0 Å². The first-order valence-corrected chi connectivity index (χ1v) is 9.58. The monoisotopic (exact) mass is 378 g/mol. The first-order valence-electron chi connectivity index (χ1n) is 9.58. The number of nitro benzene ring substituents is 1. The first-order chi connectivity index (χ1) is 13.5. The van der Waals surface area contributed by atoms with Crippen LogP contribution in [0.25, 0.3) is 0 Å². The molecule has 7 heteroatoms. The quantitative estimate of drug-likeness (QED) is 0.599. The van der Waals surface area contributed by atoms with E-state index in [1.54, 1.807) is 17.0 Å². The van der Waals surface area contributed by atoms with E-state index in [0.29, 0.717) is 11.6 Å². The minimum atomic E-state index is -0.450. The number of nitro groups is 1. The van der Waals surface area contributed by atoms with Crippen molar-refractivity contribution in [2.24, 2.45) is 11.0 Å². The van der Waals surface area contributed by atoms with Crippen molar-refractivity contribution >= 4 is 28.8 Å². The second-order valence-corrected chi connectivity index (χ2v) is 7.38. The van der Waals surface area contributed by atoms with Crippen molar-refractivity contribution in [2.75, 3.05) is 4.90 Å². The molecule has 1 fully saturated rings. The topological polar surface area (TPSA) is 87.8 Å². The average molecular weight is 378 g/mol. The van der Waals surface area contributed by atoms with Crippen molar-refractivity contribution in [1.82, 2.24) is 5.43 Å². The molecule has 1 N–H and O–H groups in total. The first kappa shape index (κ1) is 18.2. The molecular formula is C21H22N4O3. The van der Waals surface area contributed by atoms with Gasteiger partial charge in [0, 0.05) is 23.6 Å². The molecule has 2 aromatic rings. The van der Waals surface area contributed by atoms with Gasteiger partial charge in [-0.25, -0.2) is 10.2 Å². The molecule has 2 aliphatic rings. The Balaban J connectivity index is 1.80. The largest absolute Gasteiger partial charge is 0.346 e. The zero-order valence-electron chi connectivity index (χ0n) is 15.7. The van der Waals surface area contributed by atoms with E-state index in [1.165, 1.54) is 31.4 Å². The molecule has 0 radical (unpaired) electrons. The highest BCUT2D eigenvalue weighted by molar-refractivity contribution is 6.13. The second kappa shape index (κ2) is 7.42. The van der Waals surface area contributed by atoms with E-state index in [1.807, 2.05) is 25.1 Å². The van der Waals surface area contributed by atoms with Crippen LogP contribution in [-0.4, -0.2) is 16.7 Å². The van der Waals surface area contributed by atoms with Crippen molar-refractivity contribution < 1.29 is 9.72 Å². The van der Waals surface area contributed by atoms with Crippen LogP contribution >= 0.6 is 0 Å². The number of anilines is 2. The van der Waals surface area contributed by atoms with Crippen LogP contribution in [0.4, 0.5) is 21.9 Å². The zero-order valence-corrected chi connectivity index (χ0v) is 15.7. The molecule has 0 spiro atoms. The highest BCUT2D eigenvalue weighted by atomic mass is 16.6. The average Bonchev–Trinajstić information content (AvgIpc) is 2.84. The van der Waals surface area contributed by atoms with Crippen LogP contribution in [0, 0.1) is 23.0 Å². The molecule has 1 heterocycles. The minimum absolute atomic E-state index is 0.0115. The van der Waals surface area contributed by atoms with Crippen molar-refractivity contribution in [2.45, 2.75) is 39.0 Å². The predicted molar refractivity (Wildman–Crippen MR) is 108 cm³/mol. The van der Waals surface area contributed by atoms with Gasteiger partial charge in [0.1, 0.15) is 0 Å². The van der Waals surface area contributed by atoms with E-state index in [4.69, 9.17) is 0 Å². The molecule has 1 saturated carbocycles. The number of rotatable bonds is 3. The molecule has 144 valence electrons. The molecule has 0 atom stereocenters. The maximum Gasteiger partial charge on any atom is 0.346 e. The predicted octanol–water partition coefficient (Wildman–Crippen LogP) is 5.05. The molecule has 4 rings (SSSR count). The molecule has 7 nitrogen and oxygen atoms in total. The lowest BCUT2D eigenvalue weighted by atomic mass is 9.82. The smallest absolute Gasteiger partial charge is 0.261 e. The van der Waals surface area contributed by atoms with E-state index in [0.717, 1.165) is 35.4 Å². The Kier molecular flexibility index (Phi) is 4.81. The van der Waals surface area contributed by atoms with Crippen molar-refractivity contribution in [3.8, 4) is 0 Å². The summed E-state index contributed by atoms with van der Waals surface area (Å²) in [5, 5.41) is 15.5. The summed E-state index contributed by atoms with van der Waals surface area (Å²) in [4.78, 5) is 25.0. The molecular weight excluding hydrogens is 356 g/mol. The summed E-state index contributed by atoms with van der Waals surface area (Å²) in [7, 11) is 0. The minimum Gasteiger partial charge on any atom is -0.261 e. The number of hydrazone groups is 1. The molecule has 0 unspecified atom stereocenters. The number of benzene rings is 2. The number of nitrogens with zero attached hydrogens (tertiary/aromatic N) is 3. The summed E-state index contributed by atoms with van der Waals surface area (Å²) in [5.41, 5.74) is 6.89. The van der Waals surface area contributed by atoms with E-state index in [2.05, 4.69) is 10.5 Å². The van der Waals surface area contributed by atoms with Gasteiger partial charge in [-0.15, -0.1) is 0 Å². The lowest BCUT2D eigenvalue weighted by Crippen LogP contribution is -2.33. The van der Waals surface area contributed by atoms with Crippen LogP contribution in [-0.2, 0) is 0 Å². The van der Waals surface area contributed by atoms with Crippen LogP contribution in [0.15, 0.2) is 47.6 Å². The van der Waals surface area contributed by atoms with Gasteiger partial charge in [0.15, 0.2) is 0 Å². The van der Waals surface area contributed by atoms with Crippen LogP contribution in [0.5, 0.6) is 0 Å². The van der Waals surface area contributed by atoms with Gasteiger partial charge in [-0.1, -0.05) is 31.4 Å². The van der Waals surface area contributed by atoms with Crippen molar-refractivity contribution in [3.63, 3.8) is 0 Å². The Hall–Kier alpha value is -3.22. The van der Waals surface area contributed by atoms with E-state index >= 15 is 0 Å². The summed E-state index contributed by atoms with van der Waals surface area (Å²) >= 11 is 0. The number of aryl methyl sites for hydroxylation is 1.